The van der Waals surface area contributed by atoms with E-state index in [1.165, 1.54) is 0 Å². The summed E-state index contributed by atoms with van der Waals surface area (Å²) in [4.78, 5) is 0. The number of para-hydroxylation sites is 1. The number of phenolic OH excluding ortho intramolecular Hbond substituents is 1. The van der Waals surface area contributed by atoms with Crippen LogP contribution in [0.3, 0.4) is 0 Å². The molecule has 0 aromatic heterocycles. The van der Waals surface area contributed by atoms with E-state index in [0.717, 1.165) is 18.8 Å². The van der Waals surface area contributed by atoms with Gasteiger partial charge in [0.15, 0.2) is 0 Å². The number of fused-ring (bicyclic) bond motifs is 1. The molecule has 2 aliphatic rings. The maximum absolute atomic E-state index is 9.90. The third-order valence-electron chi connectivity index (χ3n) is 3.58. The average Bonchev–Trinajstić information content (AvgIpc) is 2.77. The molecular weight excluding hydrogens is 192 g/mol. The largest absolute Gasteiger partial charge is 0.508 e. The van der Waals surface area contributed by atoms with Gasteiger partial charge in [-0.05, 0) is 6.07 Å². The van der Waals surface area contributed by atoms with Crippen LogP contribution in [0.15, 0.2) is 24.3 Å². The Hall–Kier alpha value is -1.06. The molecule has 0 unspecified atom stereocenters. The fraction of sp³-hybridized carbons (Fsp3) is 0.500. The number of rotatable bonds is 1. The van der Waals surface area contributed by atoms with E-state index >= 15 is 0 Å². The zero-order valence-corrected chi connectivity index (χ0v) is 8.48. The van der Waals surface area contributed by atoms with E-state index in [4.69, 9.17) is 9.47 Å². The second-order valence-electron chi connectivity index (χ2n) is 4.40. The third kappa shape index (κ3) is 1.20. The first-order valence-electron chi connectivity index (χ1n) is 5.27. The highest BCUT2D eigenvalue weighted by Gasteiger charge is 2.50. The monoisotopic (exact) mass is 206 g/mol. The predicted molar refractivity (Wildman–Crippen MR) is 54.9 cm³/mol. The number of aromatic hydroxyl groups is 1. The van der Waals surface area contributed by atoms with Crippen molar-refractivity contribution >= 4 is 0 Å². The van der Waals surface area contributed by atoms with E-state index < -0.39 is 0 Å². The van der Waals surface area contributed by atoms with Crippen molar-refractivity contribution in [2.45, 2.75) is 5.41 Å². The van der Waals surface area contributed by atoms with Gasteiger partial charge in [-0.15, -0.1) is 0 Å². The van der Waals surface area contributed by atoms with Gasteiger partial charge in [0, 0.05) is 11.5 Å². The molecule has 2 aliphatic heterocycles. The van der Waals surface area contributed by atoms with E-state index in [-0.39, 0.29) is 5.41 Å². The third-order valence-corrected chi connectivity index (χ3v) is 3.58. The van der Waals surface area contributed by atoms with Crippen LogP contribution >= 0.6 is 0 Å². The van der Waals surface area contributed by atoms with Crippen LogP contribution in [-0.4, -0.2) is 31.5 Å². The molecule has 3 nitrogen and oxygen atoms in total. The van der Waals surface area contributed by atoms with Gasteiger partial charge in [-0.2, -0.15) is 0 Å². The molecule has 3 rings (SSSR count). The lowest BCUT2D eigenvalue weighted by Gasteiger charge is -2.26. The first-order valence-corrected chi connectivity index (χ1v) is 5.27. The molecule has 3 heteroatoms. The van der Waals surface area contributed by atoms with Crippen molar-refractivity contribution in [3.8, 4) is 5.75 Å². The normalized spacial score (nSPS) is 34.3. The maximum atomic E-state index is 9.90. The van der Waals surface area contributed by atoms with E-state index in [1.54, 1.807) is 6.07 Å². The van der Waals surface area contributed by atoms with Gasteiger partial charge in [0.25, 0.3) is 0 Å². The topological polar surface area (TPSA) is 38.7 Å². The van der Waals surface area contributed by atoms with Gasteiger partial charge in [0.1, 0.15) is 5.75 Å². The van der Waals surface area contributed by atoms with E-state index in [1.807, 2.05) is 18.2 Å². The molecule has 0 saturated carbocycles. The zero-order chi connectivity index (χ0) is 10.3. The number of benzene rings is 1. The Morgan fingerprint density at radius 2 is 1.80 bits per heavy atom. The molecule has 15 heavy (non-hydrogen) atoms. The Morgan fingerprint density at radius 3 is 2.47 bits per heavy atom. The Bertz CT molecular complexity index is 365. The van der Waals surface area contributed by atoms with Crippen LogP contribution in [0, 0.1) is 5.92 Å². The molecule has 0 aliphatic carbocycles. The Labute approximate surface area is 88.6 Å². The van der Waals surface area contributed by atoms with Gasteiger partial charge in [0.2, 0.25) is 0 Å². The summed E-state index contributed by atoms with van der Waals surface area (Å²) >= 11 is 0. The van der Waals surface area contributed by atoms with Crippen LogP contribution < -0.4 is 0 Å². The summed E-state index contributed by atoms with van der Waals surface area (Å²) in [6.07, 6.45) is 0. The van der Waals surface area contributed by atoms with Gasteiger partial charge in [0.05, 0.1) is 31.8 Å². The van der Waals surface area contributed by atoms with Crippen molar-refractivity contribution in [1.29, 1.82) is 0 Å². The molecule has 0 amide bonds. The highest BCUT2D eigenvalue weighted by molar-refractivity contribution is 5.41. The molecule has 1 aromatic rings. The Morgan fingerprint density at radius 1 is 1.13 bits per heavy atom. The molecule has 0 atom stereocenters. The second kappa shape index (κ2) is 3.22. The minimum absolute atomic E-state index is 0.106. The smallest absolute Gasteiger partial charge is 0.119 e. The molecule has 0 bridgehead atoms. The summed E-state index contributed by atoms with van der Waals surface area (Å²) in [5.74, 6) is 0.754. The number of ether oxygens (including phenoxy) is 2. The Kier molecular flexibility index (Phi) is 1.97. The molecule has 80 valence electrons. The van der Waals surface area contributed by atoms with Gasteiger partial charge in [-0.1, -0.05) is 18.2 Å². The fourth-order valence-corrected chi connectivity index (χ4v) is 2.68. The molecule has 0 radical (unpaired) electrons. The highest BCUT2D eigenvalue weighted by atomic mass is 16.5. The molecule has 2 heterocycles. The second-order valence-corrected chi connectivity index (χ2v) is 4.40. The van der Waals surface area contributed by atoms with Crippen molar-refractivity contribution in [1.82, 2.24) is 0 Å². The van der Waals surface area contributed by atoms with Crippen LogP contribution in [0.25, 0.3) is 0 Å². The van der Waals surface area contributed by atoms with Crippen LogP contribution in [-0.2, 0) is 14.9 Å². The molecular formula is C12H14O3. The van der Waals surface area contributed by atoms with E-state index in [9.17, 15) is 5.11 Å². The Balaban J connectivity index is 2.08. The standard InChI is InChI=1S/C12H14O3/c13-11-4-2-1-3-10(11)12-7-14-5-9(12)6-15-8-12/h1-4,9,13H,5-8H2. The lowest BCUT2D eigenvalue weighted by Crippen LogP contribution is -2.33. The average molecular weight is 206 g/mol. The van der Waals surface area contributed by atoms with E-state index in [0.29, 0.717) is 24.9 Å². The van der Waals surface area contributed by atoms with Crippen LogP contribution in [0.2, 0.25) is 0 Å². The van der Waals surface area contributed by atoms with Crippen LogP contribution in [0.1, 0.15) is 5.56 Å². The van der Waals surface area contributed by atoms with Crippen molar-refractivity contribution < 1.29 is 14.6 Å². The molecule has 2 fully saturated rings. The SMILES string of the molecule is Oc1ccccc1C12COCC1COC2. The van der Waals surface area contributed by atoms with Gasteiger partial charge in [-0.25, -0.2) is 0 Å². The van der Waals surface area contributed by atoms with Gasteiger partial charge >= 0.3 is 0 Å². The number of phenols is 1. The van der Waals surface area contributed by atoms with Crippen molar-refractivity contribution in [3.63, 3.8) is 0 Å². The summed E-state index contributed by atoms with van der Waals surface area (Å²) in [5, 5.41) is 9.90. The minimum atomic E-state index is -0.106. The maximum Gasteiger partial charge on any atom is 0.119 e. The summed E-state index contributed by atoms with van der Waals surface area (Å²) < 4.78 is 11.1. The molecule has 1 N–H and O–H groups in total. The van der Waals surface area contributed by atoms with Crippen LogP contribution in [0.5, 0.6) is 5.75 Å². The lowest BCUT2D eigenvalue weighted by molar-refractivity contribution is 0.100. The summed E-state index contributed by atoms with van der Waals surface area (Å²) in [5.41, 5.74) is 0.871. The molecule has 1 aromatic carbocycles. The summed E-state index contributed by atoms with van der Waals surface area (Å²) in [6.45, 7) is 2.81. The lowest BCUT2D eigenvalue weighted by atomic mass is 9.75. The minimum Gasteiger partial charge on any atom is -0.508 e. The predicted octanol–water partition coefficient (Wildman–Crippen LogP) is 1.31. The number of hydrogen-bond acceptors (Lipinski definition) is 3. The summed E-state index contributed by atoms with van der Waals surface area (Å²) in [6, 6.07) is 7.51. The van der Waals surface area contributed by atoms with Crippen molar-refractivity contribution in [2.75, 3.05) is 26.4 Å². The number of hydrogen-bond donors (Lipinski definition) is 1. The van der Waals surface area contributed by atoms with Crippen molar-refractivity contribution in [3.05, 3.63) is 29.8 Å². The quantitative estimate of drug-likeness (QED) is 0.753. The molecule has 2 saturated heterocycles. The zero-order valence-electron chi connectivity index (χ0n) is 8.48. The van der Waals surface area contributed by atoms with Gasteiger partial charge in [-0.3, -0.25) is 0 Å². The van der Waals surface area contributed by atoms with E-state index in [2.05, 4.69) is 0 Å². The first-order chi connectivity index (χ1) is 7.33. The first kappa shape index (κ1) is 9.19. The highest BCUT2D eigenvalue weighted by Crippen LogP contribution is 2.45. The van der Waals surface area contributed by atoms with Gasteiger partial charge < -0.3 is 14.6 Å². The van der Waals surface area contributed by atoms with Crippen LogP contribution in [0.4, 0.5) is 0 Å². The summed E-state index contributed by atoms with van der Waals surface area (Å²) in [7, 11) is 0. The molecule has 0 spiro atoms. The fourth-order valence-electron chi connectivity index (χ4n) is 2.68. The van der Waals surface area contributed by atoms with Crippen molar-refractivity contribution in [2.24, 2.45) is 5.92 Å².